The smallest absolute Gasteiger partial charge is 0.252 e. The maximum Gasteiger partial charge on any atom is 0.252 e. The Morgan fingerprint density at radius 3 is 2.56 bits per heavy atom. The molecule has 1 saturated heterocycles. The number of nitrogens with one attached hydrogen (secondary N) is 1. The molecular weight excluding hydrogens is 540 g/mol. The number of ether oxygens (including phenoxy) is 2. The van der Waals surface area contributed by atoms with Crippen molar-refractivity contribution in [2.75, 3.05) is 26.3 Å². The lowest BCUT2D eigenvalue weighted by atomic mass is 10.0. The Morgan fingerprint density at radius 2 is 1.80 bits per heavy atom. The predicted octanol–water partition coefficient (Wildman–Crippen LogP) is 4.98. The first kappa shape index (κ1) is 27.2. The Balaban J connectivity index is 1.38. The van der Waals surface area contributed by atoms with Gasteiger partial charge in [0.15, 0.2) is 11.5 Å². The minimum Gasteiger partial charge on any atom is -0.486 e. The van der Waals surface area contributed by atoms with Gasteiger partial charge in [0.1, 0.15) is 13.2 Å². The van der Waals surface area contributed by atoms with Gasteiger partial charge in [-0.25, -0.2) is 13.4 Å². The third-order valence-electron chi connectivity index (χ3n) is 7.78. The van der Waals surface area contributed by atoms with Crippen molar-refractivity contribution >= 4 is 26.8 Å². The molecule has 212 valence electrons. The van der Waals surface area contributed by atoms with Crippen molar-refractivity contribution in [3.05, 3.63) is 78.1 Å². The van der Waals surface area contributed by atoms with Gasteiger partial charge in [0.2, 0.25) is 10.0 Å². The molecule has 0 bridgehead atoms. The van der Waals surface area contributed by atoms with Gasteiger partial charge in [-0.2, -0.15) is 4.31 Å². The molecule has 41 heavy (non-hydrogen) atoms. The van der Waals surface area contributed by atoms with E-state index in [9.17, 15) is 13.2 Å². The summed E-state index contributed by atoms with van der Waals surface area (Å²) in [5.41, 5.74) is 3.04. The van der Waals surface area contributed by atoms with Gasteiger partial charge in [-0.3, -0.25) is 9.78 Å². The number of sulfonamides is 1. The van der Waals surface area contributed by atoms with Gasteiger partial charge < -0.3 is 14.8 Å². The summed E-state index contributed by atoms with van der Waals surface area (Å²) in [6, 6.07) is 15.5. The molecule has 2 aromatic heterocycles. The summed E-state index contributed by atoms with van der Waals surface area (Å²) < 4.78 is 40.0. The summed E-state index contributed by atoms with van der Waals surface area (Å²) in [4.78, 5) is 23.0. The number of fused-ring (bicyclic) bond motifs is 2. The second-order valence-corrected chi connectivity index (χ2v) is 12.6. The second kappa shape index (κ2) is 11.1. The number of pyridine rings is 2. The molecule has 0 spiro atoms. The van der Waals surface area contributed by atoms with E-state index in [2.05, 4.69) is 17.2 Å². The standard InChI is InChI=1S/C31H32N4O5S/c1-20-9-12-35(13-10-20)41(37,38)24-6-7-27-25(17-24)26(18-28(34-27)23-4-3-11-32-19-23)31(36)33-21(2)22-5-8-29-30(16-22)40-15-14-39-29/h3-8,11,16-21H,9-10,12-15H2,1-2H3,(H,33,36)/t21-/m1/s1. The highest BCUT2D eigenvalue weighted by Gasteiger charge is 2.29. The molecular formula is C31H32N4O5S. The summed E-state index contributed by atoms with van der Waals surface area (Å²) in [6.07, 6.45) is 5.01. The number of benzene rings is 2. The van der Waals surface area contributed by atoms with Crippen LogP contribution < -0.4 is 14.8 Å². The van der Waals surface area contributed by atoms with E-state index < -0.39 is 10.0 Å². The van der Waals surface area contributed by atoms with E-state index in [0.717, 1.165) is 24.0 Å². The summed E-state index contributed by atoms with van der Waals surface area (Å²) in [5, 5.41) is 3.55. The van der Waals surface area contributed by atoms with Crippen LogP contribution in [0.3, 0.4) is 0 Å². The Hall–Kier alpha value is -4.02. The number of piperidine rings is 1. The van der Waals surface area contributed by atoms with Gasteiger partial charge >= 0.3 is 0 Å². The van der Waals surface area contributed by atoms with Gasteiger partial charge in [0, 0.05) is 36.4 Å². The highest BCUT2D eigenvalue weighted by atomic mass is 32.2. The van der Waals surface area contributed by atoms with Crippen LogP contribution in [0.4, 0.5) is 0 Å². The fraction of sp³-hybridized carbons (Fsp3) is 0.323. The SMILES string of the molecule is CC1CCN(S(=O)(=O)c2ccc3nc(-c4cccnc4)cc(C(=O)N[C@H](C)c4ccc5c(c4)OCCO5)c3c2)CC1. The zero-order valence-electron chi connectivity index (χ0n) is 23.0. The highest BCUT2D eigenvalue weighted by Crippen LogP contribution is 2.33. The number of carbonyl (C=O) groups excluding carboxylic acids is 1. The average Bonchev–Trinajstić information content (AvgIpc) is 3.00. The van der Waals surface area contributed by atoms with E-state index in [1.807, 2.05) is 31.2 Å². The fourth-order valence-electron chi connectivity index (χ4n) is 5.28. The predicted molar refractivity (Wildman–Crippen MR) is 155 cm³/mol. The third-order valence-corrected chi connectivity index (χ3v) is 9.67. The number of amides is 1. The molecule has 0 saturated carbocycles. The van der Waals surface area contributed by atoms with Crippen molar-refractivity contribution in [1.82, 2.24) is 19.6 Å². The molecule has 0 aliphatic carbocycles. The molecule has 0 unspecified atom stereocenters. The minimum absolute atomic E-state index is 0.157. The summed E-state index contributed by atoms with van der Waals surface area (Å²) in [7, 11) is -3.72. The summed E-state index contributed by atoms with van der Waals surface area (Å²) >= 11 is 0. The zero-order chi connectivity index (χ0) is 28.6. The molecule has 2 aliphatic heterocycles. The van der Waals surface area contributed by atoms with Crippen LogP contribution in [0.15, 0.2) is 71.9 Å². The quantitative estimate of drug-likeness (QED) is 0.347. The first-order valence-corrected chi connectivity index (χ1v) is 15.3. The first-order chi connectivity index (χ1) is 19.8. The van der Waals surface area contributed by atoms with E-state index in [4.69, 9.17) is 14.5 Å². The molecule has 0 radical (unpaired) electrons. The maximum absolute atomic E-state index is 13.8. The third kappa shape index (κ3) is 5.49. The molecule has 1 atom stereocenters. The zero-order valence-corrected chi connectivity index (χ0v) is 23.9. The Morgan fingerprint density at radius 1 is 1.02 bits per heavy atom. The first-order valence-electron chi connectivity index (χ1n) is 13.9. The number of aromatic nitrogens is 2. The van der Waals surface area contributed by atoms with Crippen LogP contribution in [0, 0.1) is 5.92 Å². The van der Waals surface area contributed by atoms with Crippen LogP contribution in [0.1, 0.15) is 48.7 Å². The molecule has 1 fully saturated rings. The van der Waals surface area contributed by atoms with E-state index in [1.165, 1.54) is 4.31 Å². The average molecular weight is 573 g/mol. The number of rotatable bonds is 6. The lowest BCUT2D eigenvalue weighted by Crippen LogP contribution is -2.37. The van der Waals surface area contributed by atoms with E-state index >= 15 is 0 Å². The number of nitrogens with zero attached hydrogens (tertiary/aromatic N) is 3. The minimum atomic E-state index is -3.72. The Kier molecular flexibility index (Phi) is 7.35. The lowest BCUT2D eigenvalue weighted by molar-refractivity contribution is 0.0941. The van der Waals surface area contributed by atoms with Gasteiger partial charge in [0.25, 0.3) is 5.91 Å². The van der Waals surface area contributed by atoms with E-state index in [1.54, 1.807) is 42.7 Å². The molecule has 1 amide bonds. The monoisotopic (exact) mass is 572 g/mol. The molecule has 9 nitrogen and oxygen atoms in total. The van der Waals surface area contributed by atoms with Crippen molar-refractivity contribution < 1.29 is 22.7 Å². The topological polar surface area (TPSA) is 111 Å². The van der Waals surface area contributed by atoms with E-state index in [-0.39, 0.29) is 16.8 Å². The largest absolute Gasteiger partial charge is 0.486 e. The Bertz CT molecular complexity index is 1700. The number of hydrogen-bond acceptors (Lipinski definition) is 7. The summed E-state index contributed by atoms with van der Waals surface area (Å²) in [6.45, 7) is 5.98. The molecule has 4 aromatic rings. The Labute approximate surface area is 239 Å². The van der Waals surface area contributed by atoms with Crippen molar-refractivity contribution in [2.45, 2.75) is 37.6 Å². The summed E-state index contributed by atoms with van der Waals surface area (Å²) in [5.74, 6) is 1.48. The second-order valence-electron chi connectivity index (χ2n) is 10.7. The normalized spacial score (nSPS) is 16.8. The van der Waals surface area contributed by atoms with Crippen LogP contribution in [0.2, 0.25) is 0 Å². The van der Waals surface area contributed by atoms with Crippen LogP contribution in [-0.4, -0.2) is 54.9 Å². The fourth-order valence-corrected chi connectivity index (χ4v) is 6.77. The molecule has 10 heteroatoms. The van der Waals surface area contributed by atoms with Crippen LogP contribution in [0.5, 0.6) is 11.5 Å². The number of hydrogen-bond donors (Lipinski definition) is 1. The molecule has 1 N–H and O–H groups in total. The van der Waals surface area contributed by atoms with Crippen molar-refractivity contribution in [3.8, 4) is 22.8 Å². The molecule has 6 rings (SSSR count). The van der Waals surface area contributed by atoms with Crippen molar-refractivity contribution in [3.63, 3.8) is 0 Å². The van der Waals surface area contributed by atoms with Crippen molar-refractivity contribution in [2.24, 2.45) is 5.92 Å². The van der Waals surface area contributed by atoms with Crippen molar-refractivity contribution in [1.29, 1.82) is 0 Å². The van der Waals surface area contributed by atoms with Gasteiger partial charge in [-0.1, -0.05) is 13.0 Å². The number of carbonyl (C=O) groups is 1. The van der Waals surface area contributed by atoms with Gasteiger partial charge in [-0.15, -0.1) is 0 Å². The van der Waals surface area contributed by atoms with E-state index in [0.29, 0.717) is 65.9 Å². The van der Waals surface area contributed by atoms with Gasteiger partial charge in [-0.05, 0) is 79.8 Å². The molecule has 4 heterocycles. The lowest BCUT2D eigenvalue weighted by Gasteiger charge is -2.29. The van der Waals surface area contributed by atoms with Crippen LogP contribution in [-0.2, 0) is 10.0 Å². The molecule has 2 aliphatic rings. The van der Waals surface area contributed by atoms with Crippen LogP contribution in [0.25, 0.3) is 22.2 Å². The van der Waals surface area contributed by atoms with Crippen LogP contribution >= 0.6 is 0 Å². The van der Waals surface area contributed by atoms with Gasteiger partial charge in [0.05, 0.1) is 27.7 Å². The highest BCUT2D eigenvalue weighted by molar-refractivity contribution is 7.89. The maximum atomic E-state index is 13.8. The molecule has 2 aromatic carbocycles.